The van der Waals surface area contributed by atoms with E-state index >= 15 is 0 Å². The molecule has 4 aromatic rings. The van der Waals surface area contributed by atoms with Crippen molar-refractivity contribution in [1.29, 1.82) is 0 Å². The molecule has 0 aliphatic heterocycles. The normalized spacial score (nSPS) is 10.9. The first-order valence-corrected chi connectivity index (χ1v) is 9.46. The minimum absolute atomic E-state index is 0.0910. The first-order valence-electron chi connectivity index (χ1n) is 8.58. The lowest BCUT2D eigenvalue weighted by Gasteiger charge is -2.05. The fraction of sp³-hybridized carbons (Fsp3) is 0.0952. The van der Waals surface area contributed by atoms with Crippen molar-refractivity contribution >= 4 is 27.5 Å². The Morgan fingerprint density at radius 1 is 1.11 bits per heavy atom. The van der Waals surface area contributed by atoms with E-state index in [0.717, 1.165) is 11.1 Å². The van der Waals surface area contributed by atoms with Gasteiger partial charge in [-0.25, -0.2) is 9.78 Å². The van der Waals surface area contributed by atoms with E-state index in [-0.39, 0.29) is 18.8 Å². The SMILES string of the molecule is O=C(OCc1nc2scc(-c3ccccc3)c2c(=O)[nH]1)c1ccc(CO)cc1. The third kappa shape index (κ3) is 3.58. The number of benzene rings is 2. The molecule has 0 aliphatic rings. The highest BCUT2D eigenvalue weighted by atomic mass is 32.1. The Bertz CT molecular complexity index is 1180. The Kier molecular flexibility index (Phi) is 5.01. The van der Waals surface area contributed by atoms with Crippen LogP contribution in [0.4, 0.5) is 0 Å². The van der Waals surface area contributed by atoms with Crippen molar-refractivity contribution in [2.45, 2.75) is 13.2 Å². The van der Waals surface area contributed by atoms with E-state index in [1.54, 1.807) is 24.3 Å². The lowest BCUT2D eigenvalue weighted by molar-refractivity contribution is 0.0462. The smallest absolute Gasteiger partial charge is 0.338 e. The first kappa shape index (κ1) is 18.1. The van der Waals surface area contributed by atoms with Crippen LogP contribution < -0.4 is 5.56 Å². The van der Waals surface area contributed by atoms with E-state index in [1.165, 1.54) is 11.3 Å². The lowest BCUT2D eigenvalue weighted by Crippen LogP contribution is -2.14. The van der Waals surface area contributed by atoms with Gasteiger partial charge in [0.05, 0.1) is 17.6 Å². The number of aromatic nitrogens is 2. The molecule has 0 spiro atoms. The molecule has 6 nitrogen and oxygen atoms in total. The van der Waals surface area contributed by atoms with Crippen LogP contribution >= 0.6 is 11.3 Å². The summed E-state index contributed by atoms with van der Waals surface area (Å²) in [5, 5.41) is 11.5. The second-order valence-electron chi connectivity index (χ2n) is 6.14. The zero-order valence-corrected chi connectivity index (χ0v) is 15.5. The summed E-state index contributed by atoms with van der Waals surface area (Å²) < 4.78 is 5.25. The maximum atomic E-state index is 12.6. The molecule has 140 valence electrons. The van der Waals surface area contributed by atoms with E-state index in [0.29, 0.717) is 27.2 Å². The fourth-order valence-electron chi connectivity index (χ4n) is 2.86. The summed E-state index contributed by atoms with van der Waals surface area (Å²) in [7, 11) is 0. The highest BCUT2D eigenvalue weighted by Crippen LogP contribution is 2.30. The van der Waals surface area contributed by atoms with E-state index in [9.17, 15) is 9.59 Å². The zero-order chi connectivity index (χ0) is 19.5. The number of aliphatic hydroxyl groups excluding tert-OH is 1. The Morgan fingerprint density at radius 3 is 2.57 bits per heavy atom. The second-order valence-corrected chi connectivity index (χ2v) is 7.00. The van der Waals surface area contributed by atoms with Crippen molar-refractivity contribution < 1.29 is 14.6 Å². The standard InChI is InChI=1S/C21H16N2O4S/c24-10-13-6-8-15(9-7-13)21(26)27-11-17-22-19(25)18-16(12-28-20(18)23-17)14-4-2-1-3-5-14/h1-9,12,24H,10-11H2,(H,22,23,25). The molecule has 0 saturated carbocycles. The Morgan fingerprint density at radius 2 is 1.86 bits per heavy atom. The van der Waals surface area contributed by atoms with E-state index in [4.69, 9.17) is 9.84 Å². The molecule has 0 atom stereocenters. The van der Waals surface area contributed by atoms with Crippen molar-refractivity contribution in [2.24, 2.45) is 0 Å². The molecular weight excluding hydrogens is 376 g/mol. The molecule has 0 radical (unpaired) electrons. The van der Waals surface area contributed by atoms with Gasteiger partial charge in [-0.1, -0.05) is 42.5 Å². The predicted octanol–water partition coefficient (Wildman–Crippen LogP) is 3.50. The minimum atomic E-state index is -0.525. The zero-order valence-electron chi connectivity index (χ0n) is 14.7. The molecule has 2 aromatic heterocycles. The van der Waals surface area contributed by atoms with Gasteiger partial charge in [0.1, 0.15) is 17.3 Å². The number of fused-ring (bicyclic) bond motifs is 1. The first-order chi connectivity index (χ1) is 13.7. The van der Waals surface area contributed by atoms with Gasteiger partial charge in [0.25, 0.3) is 5.56 Å². The van der Waals surface area contributed by atoms with Crippen molar-refractivity contribution in [1.82, 2.24) is 9.97 Å². The number of hydrogen-bond acceptors (Lipinski definition) is 6. The number of nitrogens with one attached hydrogen (secondary N) is 1. The van der Waals surface area contributed by atoms with Gasteiger partial charge in [0.2, 0.25) is 0 Å². The summed E-state index contributed by atoms with van der Waals surface area (Å²) in [6.45, 7) is -0.226. The summed E-state index contributed by atoms with van der Waals surface area (Å²) in [5.41, 5.74) is 2.60. The van der Waals surface area contributed by atoms with Crippen molar-refractivity contribution in [2.75, 3.05) is 0 Å². The molecule has 2 N–H and O–H groups in total. The number of thiophene rings is 1. The number of aromatic amines is 1. The number of esters is 1. The summed E-state index contributed by atoms with van der Waals surface area (Å²) in [6.07, 6.45) is 0. The average Bonchev–Trinajstić information content (AvgIpc) is 3.17. The van der Waals surface area contributed by atoms with Gasteiger partial charge >= 0.3 is 5.97 Å². The summed E-state index contributed by atoms with van der Waals surface area (Å²) in [5.74, 6) is -0.234. The van der Waals surface area contributed by atoms with E-state index < -0.39 is 5.97 Å². The maximum absolute atomic E-state index is 12.6. The molecular formula is C21H16N2O4S. The third-order valence-corrected chi connectivity index (χ3v) is 5.16. The molecule has 7 heteroatoms. The van der Waals surface area contributed by atoms with Crippen LogP contribution in [0.3, 0.4) is 0 Å². The summed E-state index contributed by atoms with van der Waals surface area (Å²) in [6, 6.07) is 16.1. The van der Waals surface area contributed by atoms with Gasteiger partial charge in [-0.15, -0.1) is 11.3 Å². The topological polar surface area (TPSA) is 92.3 Å². The van der Waals surface area contributed by atoms with Crippen LogP contribution in [0.2, 0.25) is 0 Å². The van der Waals surface area contributed by atoms with E-state index in [2.05, 4.69) is 9.97 Å². The van der Waals surface area contributed by atoms with Gasteiger partial charge in [0.15, 0.2) is 0 Å². The number of nitrogens with zero attached hydrogens (tertiary/aromatic N) is 1. The van der Waals surface area contributed by atoms with Gasteiger partial charge < -0.3 is 14.8 Å². The van der Waals surface area contributed by atoms with Crippen LogP contribution in [0.1, 0.15) is 21.7 Å². The highest BCUT2D eigenvalue weighted by Gasteiger charge is 2.14. The quantitative estimate of drug-likeness (QED) is 0.507. The number of ether oxygens (including phenoxy) is 1. The third-order valence-electron chi connectivity index (χ3n) is 4.29. The molecule has 0 amide bonds. The fourth-order valence-corrected chi connectivity index (χ4v) is 3.82. The van der Waals surface area contributed by atoms with E-state index in [1.807, 2.05) is 35.7 Å². The molecule has 28 heavy (non-hydrogen) atoms. The molecule has 0 saturated heterocycles. The number of hydrogen-bond donors (Lipinski definition) is 2. The van der Waals surface area contributed by atoms with Crippen molar-refractivity contribution in [3.63, 3.8) is 0 Å². The molecule has 0 aliphatic carbocycles. The monoisotopic (exact) mass is 392 g/mol. The van der Waals surface area contributed by atoms with Crippen molar-refractivity contribution in [3.8, 4) is 11.1 Å². The predicted molar refractivity (Wildman–Crippen MR) is 107 cm³/mol. The van der Waals surface area contributed by atoms with Crippen LogP contribution in [-0.4, -0.2) is 21.0 Å². The second kappa shape index (κ2) is 7.75. The Hall–Kier alpha value is -3.29. The number of H-pyrrole nitrogens is 1. The van der Waals surface area contributed by atoms with Gasteiger partial charge in [-0.05, 0) is 23.3 Å². The Labute approximate surface area is 164 Å². The molecule has 4 rings (SSSR count). The van der Waals surface area contributed by atoms with Crippen LogP contribution in [0.25, 0.3) is 21.3 Å². The number of aliphatic hydroxyl groups is 1. The summed E-state index contributed by atoms with van der Waals surface area (Å²) in [4.78, 5) is 32.5. The van der Waals surface area contributed by atoms with Crippen LogP contribution in [0.15, 0.2) is 64.8 Å². The van der Waals surface area contributed by atoms with Gasteiger partial charge in [0, 0.05) is 10.9 Å². The molecule has 2 heterocycles. The summed E-state index contributed by atoms with van der Waals surface area (Å²) >= 11 is 1.38. The van der Waals surface area contributed by atoms with Crippen LogP contribution in [-0.2, 0) is 18.0 Å². The molecule has 0 unspecified atom stereocenters. The maximum Gasteiger partial charge on any atom is 0.338 e. The minimum Gasteiger partial charge on any atom is -0.454 e. The average molecular weight is 392 g/mol. The number of carbonyl (C=O) groups is 1. The molecule has 0 fully saturated rings. The van der Waals surface area contributed by atoms with Gasteiger partial charge in [-0.2, -0.15) is 0 Å². The number of carbonyl (C=O) groups excluding carboxylic acids is 1. The Balaban J connectivity index is 1.55. The van der Waals surface area contributed by atoms with Crippen LogP contribution in [0, 0.1) is 0 Å². The van der Waals surface area contributed by atoms with Crippen LogP contribution in [0.5, 0.6) is 0 Å². The lowest BCUT2D eigenvalue weighted by atomic mass is 10.1. The van der Waals surface area contributed by atoms with Gasteiger partial charge in [-0.3, -0.25) is 4.79 Å². The largest absolute Gasteiger partial charge is 0.454 e. The molecule has 2 aromatic carbocycles. The number of rotatable bonds is 5. The molecule has 0 bridgehead atoms. The van der Waals surface area contributed by atoms with Crippen molar-refractivity contribution in [3.05, 3.63) is 87.3 Å². The highest BCUT2D eigenvalue weighted by molar-refractivity contribution is 7.17.